The molecule has 0 bridgehead atoms. The molecule has 12 heteroatoms. The Bertz CT molecular complexity index is 1150. The van der Waals surface area contributed by atoms with Gasteiger partial charge >= 0.3 is 0 Å². The lowest BCUT2D eigenvalue weighted by molar-refractivity contribution is -0.384. The number of aromatic nitrogens is 3. The number of nitrogens with one attached hydrogen (secondary N) is 1. The quantitative estimate of drug-likeness (QED) is 0.183. The van der Waals surface area contributed by atoms with Crippen LogP contribution in [-0.2, 0) is 17.9 Å². The Kier molecular flexibility index (Phi) is 8.28. The van der Waals surface area contributed by atoms with E-state index in [0.29, 0.717) is 23.3 Å². The zero-order chi connectivity index (χ0) is 23.8. The van der Waals surface area contributed by atoms with Crippen molar-refractivity contribution in [1.82, 2.24) is 14.8 Å². The first-order valence-corrected chi connectivity index (χ1v) is 10.9. The Hall–Kier alpha value is -3.57. The fourth-order valence-corrected chi connectivity index (χ4v) is 3.64. The number of methoxy groups -OCH3 is 1. The third kappa shape index (κ3) is 6.46. The number of hydrogen-bond donors (Lipinski definition) is 1. The van der Waals surface area contributed by atoms with Crippen molar-refractivity contribution < 1.29 is 19.2 Å². The summed E-state index contributed by atoms with van der Waals surface area (Å²) in [6.07, 6.45) is 1.69. The van der Waals surface area contributed by atoms with Crippen molar-refractivity contribution in [3.8, 4) is 11.5 Å². The highest BCUT2D eigenvalue weighted by Gasteiger charge is 2.16. The maximum Gasteiger partial charge on any atom is 0.271 e. The minimum atomic E-state index is -0.561. The summed E-state index contributed by atoms with van der Waals surface area (Å²) in [6.45, 7) is 4.34. The predicted molar refractivity (Wildman–Crippen MR) is 125 cm³/mol. The molecular formula is C21H20ClN5O5S. The molecule has 2 aromatic carbocycles. The minimum absolute atomic E-state index is 0.00632. The highest BCUT2D eigenvalue weighted by atomic mass is 35.5. The van der Waals surface area contributed by atoms with Crippen LogP contribution in [0.15, 0.2) is 60.3 Å². The summed E-state index contributed by atoms with van der Waals surface area (Å²) in [5, 5.41) is 22.5. The zero-order valence-corrected chi connectivity index (χ0v) is 19.1. The van der Waals surface area contributed by atoms with E-state index >= 15 is 0 Å². The van der Waals surface area contributed by atoms with E-state index in [4.69, 9.17) is 21.1 Å². The van der Waals surface area contributed by atoms with Gasteiger partial charge < -0.3 is 14.8 Å². The fraction of sp³-hybridized carbons (Fsp3) is 0.190. The standard InChI is InChI=1S/C21H20ClN5O5S/c1-3-10-26-19(12-32-16-7-5-15(31-2)6-8-16)24-25-21(26)33-13-20(28)23-18-11-14(27(29)30)4-9-17(18)22/h3-9,11H,1,10,12-13H2,2H3,(H,23,28). The number of halogens is 1. The number of amides is 1. The molecule has 0 unspecified atom stereocenters. The second-order valence-corrected chi connectivity index (χ2v) is 7.87. The van der Waals surface area contributed by atoms with Gasteiger partial charge in [-0.2, -0.15) is 0 Å². The molecule has 3 aromatic rings. The average Bonchev–Trinajstić information content (AvgIpc) is 3.19. The Morgan fingerprint density at radius 3 is 2.67 bits per heavy atom. The molecule has 1 N–H and O–H groups in total. The molecule has 0 atom stereocenters. The molecule has 33 heavy (non-hydrogen) atoms. The molecule has 0 fully saturated rings. The van der Waals surface area contributed by atoms with E-state index in [2.05, 4.69) is 22.1 Å². The molecule has 1 aromatic heterocycles. The Balaban J connectivity index is 1.63. The van der Waals surface area contributed by atoms with E-state index in [1.54, 1.807) is 42.0 Å². The van der Waals surface area contributed by atoms with Crippen LogP contribution in [0.2, 0.25) is 5.02 Å². The van der Waals surface area contributed by atoms with Crippen molar-refractivity contribution >= 4 is 40.6 Å². The number of benzene rings is 2. The van der Waals surface area contributed by atoms with Gasteiger partial charge in [0.05, 0.1) is 28.5 Å². The Labute approximate surface area is 198 Å². The summed E-state index contributed by atoms with van der Waals surface area (Å²) in [6, 6.07) is 11.0. The Morgan fingerprint density at radius 2 is 2.00 bits per heavy atom. The lowest BCUT2D eigenvalue weighted by Crippen LogP contribution is -2.15. The number of nitrogens with zero attached hydrogens (tertiary/aromatic N) is 4. The number of nitro benzene ring substituents is 1. The highest BCUT2D eigenvalue weighted by Crippen LogP contribution is 2.27. The second-order valence-electron chi connectivity index (χ2n) is 6.52. The Morgan fingerprint density at radius 1 is 1.27 bits per heavy atom. The largest absolute Gasteiger partial charge is 0.497 e. The van der Waals surface area contributed by atoms with Crippen molar-refractivity contribution in [2.75, 3.05) is 18.2 Å². The van der Waals surface area contributed by atoms with Crippen LogP contribution in [0.5, 0.6) is 11.5 Å². The molecule has 10 nitrogen and oxygen atoms in total. The molecule has 3 rings (SSSR count). The van der Waals surface area contributed by atoms with Crippen molar-refractivity contribution in [2.24, 2.45) is 0 Å². The molecule has 0 spiro atoms. The smallest absolute Gasteiger partial charge is 0.271 e. The molecule has 0 saturated heterocycles. The zero-order valence-electron chi connectivity index (χ0n) is 17.6. The fourth-order valence-electron chi connectivity index (χ4n) is 2.70. The molecular weight excluding hydrogens is 470 g/mol. The third-order valence-electron chi connectivity index (χ3n) is 4.30. The number of rotatable bonds is 11. The molecule has 0 aliphatic rings. The topological polar surface area (TPSA) is 121 Å². The monoisotopic (exact) mass is 489 g/mol. The summed E-state index contributed by atoms with van der Waals surface area (Å²) in [7, 11) is 1.59. The SMILES string of the molecule is C=CCn1c(COc2ccc(OC)cc2)nnc1SCC(=O)Nc1cc([N+](=O)[O-])ccc1Cl. The van der Waals surface area contributed by atoms with Crippen molar-refractivity contribution in [3.63, 3.8) is 0 Å². The third-order valence-corrected chi connectivity index (χ3v) is 5.60. The number of carbonyl (C=O) groups excluding carboxylic acids is 1. The van der Waals surface area contributed by atoms with Crippen LogP contribution in [0.1, 0.15) is 5.82 Å². The molecule has 0 saturated carbocycles. The number of non-ortho nitro benzene ring substituents is 1. The normalized spacial score (nSPS) is 10.5. The predicted octanol–water partition coefficient (Wildman–Crippen LogP) is 4.34. The van der Waals surface area contributed by atoms with Crippen molar-refractivity contribution in [2.45, 2.75) is 18.3 Å². The van der Waals surface area contributed by atoms with Crippen LogP contribution in [0.4, 0.5) is 11.4 Å². The minimum Gasteiger partial charge on any atom is -0.497 e. The van der Waals surface area contributed by atoms with Gasteiger partial charge in [-0.3, -0.25) is 19.5 Å². The molecule has 0 radical (unpaired) electrons. The maximum absolute atomic E-state index is 12.4. The summed E-state index contributed by atoms with van der Waals surface area (Å²) >= 11 is 7.19. The van der Waals surface area contributed by atoms with Gasteiger partial charge in [0.1, 0.15) is 18.1 Å². The number of allylic oxidation sites excluding steroid dienone is 1. The van der Waals surface area contributed by atoms with Gasteiger partial charge in [0, 0.05) is 18.7 Å². The molecule has 1 amide bonds. The lowest BCUT2D eigenvalue weighted by Gasteiger charge is -2.10. The first-order chi connectivity index (χ1) is 15.9. The number of thioether (sulfide) groups is 1. The van der Waals surface area contributed by atoms with Crippen LogP contribution in [0.25, 0.3) is 0 Å². The van der Waals surface area contributed by atoms with E-state index in [0.717, 1.165) is 17.5 Å². The number of ether oxygens (including phenoxy) is 2. The number of hydrogen-bond acceptors (Lipinski definition) is 8. The summed E-state index contributed by atoms with van der Waals surface area (Å²) < 4.78 is 12.7. The summed E-state index contributed by atoms with van der Waals surface area (Å²) in [5.41, 5.74) is -0.00723. The second kappa shape index (κ2) is 11.3. The average molecular weight is 490 g/mol. The van der Waals surface area contributed by atoms with Crippen LogP contribution in [-0.4, -0.2) is 38.5 Å². The van der Waals surface area contributed by atoms with E-state index in [1.165, 1.54) is 18.2 Å². The van der Waals surface area contributed by atoms with Crippen LogP contribution < -0.4 is 14.8 Å². The molecule has 0 aliphatic carbocycles. The van der Waals surface area contributed by atoms with Crippen molar-refractivity contribution in [3.05, 3.63) is 76.1 Å². The van der Waals surface area contributed by atoms with Crippen LogP contribution in [0.3, 0.4) is 0 Å². The first kappa shape index (κ1) is 24.1. The number of carbonyl (C=O) groups is 1. The van der Waals surface area contributed by atoms with Crippen LogP contribution >= 0.6 is 23.4 Å². The van der Waals surface area contributed by atoms with Gasteiger partial charge in [0.15, 0.2) is 11.0 Å². The molecule has 172 valence electrons. The summed E-state index contributed by atoms with van der Waals surface area (Å²) in [4.78, 5) is 22.8. The van der Waals surface area contributed by atoms with E-state index < -0.39 is 10.8 Å². The van der Waals surface area contributed by atoms with Crippen LogP contribution in [0, 0.1) is 10.1 Å². The maximum atomic E-state index is 12.4. The van der Waals surface area contributed by atoms with Gasteiger partial charge in [0.25, 0.3) is 5.69 Å². The van der Waals surface area contributed by atoms with Gasteiger partial charge in [0.2, 0.25) is 5.91 Å². The van der Waals surface area contributed by atoms with Gasteiger partial charge in [-0.15, -0.1) is 16.8 Å². The first-order valence-electron chi connectivity index (χ1n) is 9.57. The molecule has 1 heterocycles. The van der Waals surface area contributed by atoms with Gasteiger partial charge in [-0.25, -0.2) is 0 Å². The van der Waals surface area contributed by atoms with Gasteiger partial charge in [-0.1, -0.05) is 29.4 Å². The van der Waals surface area contributed by atoms with Gasteiger partial charge in [-0.05, 0) is 30.3 Å². The lowest BCUT2D eigenvalue weighted by atomic mass is 10.3. The molecule has 0 aliphatic heterocycles. The summed E-state index contributed by atoms with van der Waals surface area (Å²) in [5.74, 6) is 1.53. The highest BCUT2D eigenvalue weighted by molar-refractivity contribution is 7.99. The van der Waals surface area contributed by atoms with E-state index in [9.17, 15) is 14.9 Å². The number of nitro groups is 1. The number of anilines is 1. The van der Waals surface area contributed by atoms with E-state index in [1.807, 2.05) is 0 Å². The van der Waals surface area contributed by atoms with Crippen molar-refractivity contribution in [1.29, 1.82) is 0 Å². The van der Waals surface area contributed by atoms with E-state index in [-0.39, 0.29) is 28.8 Å².